The zero-order valence-corrected chi connectivity index (χ0v) is 18.1. The number of aryl methyl sites for hydroxylation is 1. The molecule has 2 aromatic rings. The Labute approximate surface area is 177 Å². The van der Waals surface area contributed by atoms with Crippen molar-refractivity contribution in [2.24, 2.45) is 0 Å². The van der Waals surface area contributed by atoms with Crippen LogP contribution in [0.2, 0.25) is 0 Å². The molecule has 9 heteroatoms. The number of nitrogens with one attached hydrogen (secondary N) is 1. The molecule has 0 unspecified atom stereocenters. The second-order valence-corrected chi connectivity index (χ2v) is 8.77. The van der Waals surface area contributed by atoms with Crippen LogP contribution in [0.25, 0.3) is 0 Å². The summed E-state index contributed by atoms with van der Waals surface area (Å²) in [5, 5.41) is 22.4. The minimum absolute atomic E-state index is 0.0686. The molecule has 0 aliphatic carbocycles. The number of methoxy groups -OCH3 is 1. The molecular weight excluding hydrogens is 408 g/mol. The molecule has 3 N–H and O–H groups in total. The Morgan fingerprint density at radius 2 is 1.73 bits per heavy atom. The second kappa shape index (κ2) is 10.4. The fraction of sp³-hybridized carbons (Fsp3) is 0.381. The average molecular weight is 437 g/mol. The van der Waals surface area contributed by atoms with Crippen LogP contribution >= 0.6 is 0 Å². The van der Waals surface area contributed by atoms with Gasteiger partial charge in [-0.3, -0.25) is 9.10 Å². The quantitative estimate of drug-likeness (QED) is 0.493. The summed E-state index contributed by atoms with van der Waals surface area (Å²) in [6.45, 7) is 3.26. The lowest BCUT2D eigenvalue weighted by atomic mass is 10.2. The Balaban J connectivity index is 2.31. The first-order valence-corrected chi connectivity index (χ1v) is 11.0. The van der Waals surface area contributed by atoms with Gasteiger partial charge in [0, 0.05) is 6.54 Å². The van der Waals surface area contributed by atoms with Crippen LogP contribution in [-0.4, -0.2) is 56.9 Å². The molecule has 8 nitrogen and oxygen atoms in total. The molecular formula is C21H28N2O6S. The number of aliphatic hydroxyl groups excluding tert-OH is 1. The number of ether oxygens (including phenoxy) is 1. The first-order chi connectivity index (χ1) is 14.2. The lowest BCUT2D eigenvalue weighted by Gasteiger charge is -2.27. The molecule has 2 atom stereocenters. The van der Waals surface area contributed by atoms with E-state index in [-0.39, 0.29) is 18.0 Å². The number of hydrogen-bond donors (Lipinski definition) is 3. The van der Waals surface area contributed by atoms with Crippen LogP contribution < -0.4 is 14.4 Å². The number of carboxylic acids is 1. The number of aliphatic hydroxyl groups is 1. The van der Waals surface area contributed by atoms with Crippen molar-refractivity contribution in [3.8, 4) is 5.75 Å². The van der Waals surface area contributed by atoms with Gasteiger partial charge in [-0.2, -0.15) is 0 Å². The minimum atomic E-state index is -3.96. The fourth-order valence-corrected chi connectivity index (χ4v) is 4.37. The molecule has 0 heterocycles. The molecule has 0 aliphatic heterocycles. The number of benzene rings is 2. The third kappa shape index (κ3) is 5.94. The Kier molecular flexibility index (Phi) is 8.22. The van der Waals surface area contributed by atoms with Crippen molar-refractivity contribution in [2.45, 2.75) is 37.3 Å². The normalized spacial score (nSPS) is 13.5. The SMILES string of the molecule is CC[C@@H](NC[C@@H](O)CN(c1ccc(OC)cc1)S(=O)(=O)c1ccc(C)cc1)C(=O)O. The van der Waals surface area contributed by atoms with Gasteiger partial charge in [0.05, 0.1) is 30.3 Å². The van der Waals surface area contributed by atoms with Gasteiger partial charge in [0.1, 0.15) is 11.8 Å². The molecule has 0 radical (unpaired) electrons. The minimum Gasteiger partial charge on any atom is -0.497 e. The van der Waals surface area contributed by atoms with Gasteiger partial charge in [0.2, 0.25) is 0 Å². The molecule has 0 amide bonds. The van der Waals surface area contributed by atoms with Gasteiger partial charge in [-0.1, -0.05) is 24.6 Å². The van der Waals surface area contributed by atoms with E-state index < -0.39 is 28.1 Å². The van der Waals surface area contributed by atoms with E-state index in [2.05, 4.69) is 5.32 Å². The monoisotopic (exact) mass is 436 g/mol. The first-order valence-electron chi connectivity index (χ1n) is 9.56. The van der Waals surface area contributed by atoms with Crippen LogP contribution in [0.15, 0.2) is 53.4 Å². The van der Waals surface area contributed by atoms with Crippen LogP contribution in [0.5, 0.6) is 5.75 Å². The molecule has 0 saturated heterocycles. The number of carboxylic acid groups (broad SMARTS) is 1. The van der Waals surface area contributed by atoms with E-state index >= 15 is 0 Å². The first kappa shape index (κ1) is 23.7. The highest BCUT2D eigenvalue weighted by atomic mass is 32.2. The molecule has 30 heavy (non-hydrogen) atoms. The smallest absolute Gasteiger partial charge is 0.320 e. The Morgan fingerprint density at radius 3 is 2.23 bits per heavy atom. The van der Waals surface area contributed by atoms with Gasteiger partial charge in [-0.05, 0) is 49.7 Å². The molecule has 2 rings (SSSR count). The second-order valence-electron chi connectivity index (χ2n) is 6.91. The van der Waals surface area contributed by atoms with Crippen molar-refractivity contribution in [2.75, 3.05) is 24.5 Å². The van der Waals surface area contributed by atoms with E-state index in [0.717, 1.165) is 9.87 Å². The molecule has 0 spiro atoms. The largest absolute Gasteiger partial charge is 0.497 e. The van der Waals surface area contributed by atoms with Crippen molar-refractivity contribution in [3.63, 3.8) is 0 Å². The average Bonchev–Trinajstić information content (AvgIpc) is 2.72. The standard InChI is InChI=1S/C21H28N2O6S/c1-4-20(21(25)26)22-13-17(24)14-23(16-7-9-18(29-3)10-8-16)30(27,28)19-11-5-15(2)6-12-19/h5-12,17,20,22,24H,4,13-14H2,1-3H3,(H,25,26)/t17-,20-/m1/s1. The Hall–Kier alpha value is -2.62. The number of aliphatic carboxylic acids is 1. The highest BCUT2D eigenvalue weighted by Crippen LogP contribution is 2.26. The Morgan fingerprint density at radius 1 is 1.13 bits per heavy atom. The van der Waals surface area contributed by atoms with E-state index in [1.165, 1.54) is 19.2 Å². The van der Waals surface area contributed by atoms with E-state index in [1.807, 2.05) is 6.92 Å². The summed E-state index contributed by atoms with van der Waals surface area (Å²) in [6, 6.07) is 12.1. The number of anilines is 1. The van der Waals surface area contributed by atoms with Crippen LogP contribution in [0.1, 0.15) is 18.9 Å². The van der Waals surface area contributed by atoms with E-state index in [4.69, 9.17) is 9.84 Å². The third-order valence-electron chi connectivity index (χ3n) is 4.65. The summed E-state index contributed by atoms with van der Waals surface area (Å²) in [5.41, 5.74) is 1.29. The van der Waals surface area contributed by atoms with Crippen molar-refractivity contribution < 1.29 is 28.2 Å². The lowest BCUT2D eigenvalue weighted by molar-refractivity contribution is -0.139. The maximum Gasteiger partial charge on any atom is 0.320 e. The molecule has 2 aromatic carbocycles. The van der Waals surface area contributed by atoms with Crippen molar-refractivity contribution in [1.29, 1.82) is 0 Å². The fourth-order valence-electron chi connectivity index (χ4n) is 2.87. The van der Waals surface area contributed by atoms with Gasteiger partial charge in [-0.15, -0.1) is 0 Å². The van der Waals surface area contributed by atoms with Gasteiger partial charge < -0.3 is 20.3 Å². The van der Waals surface area contributed by atoms with Crippen LogP contribution in [0.4, 0.5) is 5.69 Å². The topological polar surface area (TPSA) is 116 Å². The zero-order valence-electron chi connectivity index (χ0n) is 17.3. The summed E-state index contributed by atoms with van der Waals surface area (Å²) in [5.74, 6) is -0.454. The third-order valence-corrected chi connectivity index (χ3v) is 6.46. The van der Waals surface area contributed by atoms with Gasteiger partial charge in [0.15, 0.2) is 0 Å². The maximum absolute atomic E-state index is 13.3. The lowest BCUT2D eigenvalue weighted by Crippen LogP contribution is -2.45. The molecule has 164 valence electrons. The van der Waals surface area contributed by atoms with E-state index in [0.29, 0.717) is 17.9 Å². The Bertz CT molecular complexity index is 929. The van der Waals surface area contributed by atoms with Gasteiger partial charge in [-0.25, -0.2) is 8.42 Å². The highest BCUT2D eigenvalue weighted by Gasteiger charge is 2.28. The maximum atomic E-state index is 13.3. The van der Waals surface area contributed by atoms with Crippen LogP contribution in [0, 0.1) is 6.92 Å². The number of carbonyl (C=O) groups is 1. The number of rotatable bonds is 11. The van der Waals surface area contributed by atoms with Crippen molar-refractivity contribution in [3.05, 3.63) is 54.1 Å². The molecule has 0 bridgehead atoms. The van der Waals surface area contributed by atoms with Crippen LogP contribution in [-0.2, 0) is 14.8 Å². The summed E-state index contributed by atoms with van der Waals surface area (Å²) in [6.07, 6.45) is -0.785. The van der Waals surface area contributed by atoms with Crippen molar-refractivity contribution in [1.82, 2.24) is 5.32 Å². The zero-order chi connectivity index (χ0) is 22.3. The number of hydrogen-bond acceptors (Lipinski definition) is 6. The molecule has 0 aliphatic rings. The molecule has 0 aromatic heterocycles. The van der Waals surface area contributed by atoms with Gasteiger partial charge in [0.25, 0.3) is 10.0 Å². The van der Waals surface area contributed by atoms with E-state index in [1.54, 1.807) is 43.3 Å². The molecule has 0 fully saturated rings. The number of sulfonamides is 1. The van der Waals surface area contributed by atoms with Crippen LogP contribution in [0.3, 0.4) is 0 Å². The summed E-state index contributed by atoms with van der Waals surface area (Å²) < 4.78 is 32.9. The predicted molar refractivity (Wildman–Crippen MR) is 114 cm³/mol. The van der Waals surface area contributed by atoms with Crippen molar-refractivity contribution >= 4 is 21.7 Å². The highest BCUT2D eigenvalue weighted by molar-refractivity contribution is 7.92. The van der Waals surface area contributed by atoms with E-state index in [9.17, 15) is 18.3 Å². The summed E-state index contributed by atoms with van der Waals surface area (Å²) in [4.78, 5) is 11.3. The number of nitrogens with zero attached hydrogens (tertiary/aromatic N) is 1. The molecule has 0 saturated carbocycles. The summed E-state index contributed by atoms with van der Waals surface area (Å²) in [7, 11) is -2.45. The van der Waals surface area contributed by atoms with Gasteiger partial charge >= 0.3 is 5.97 Å². The summed E-state index contributed by atoms with van der Waals surface area (Å²) >= 11 is 0. The predicted octanol–water partition coefficient (Wildman–Crippen LogP) is 2.01.